The molecule has 2 heterocycles. The second-order valence-corrected chi connectivity index (χ2v) is 7.72. The van der Waals surface area contributed by atoms with E-state index in [9.17, 15) is 4.79 Å². The molecule has 2 aromatic rings. The minimum absolute atomic E-state index is 0.271. The molecule has 0 atom stereocenters. The fourth-order valence-electron chi connectivity index (χ4n) is 4.40. The first-order valence-electron chi connectivity index (χ1n) is 9.70. The first-order valence-corrected chi connectivity index (χ1v) is 9.70. The molecule has 1 aliphatic heterocycles. The Labute approximate surface area is 149 Å². The summed E-state index contributed by atoms with van der Waals surface area (Å²) in [7, 11) is 0. The van der Waals surface area contributed by atoms with Crippen molar-refractivity contribution in [2.75, 3.05) is 13.1 Å². The lowest BCUT2D eigenvalue weighted by Crippen LogP contribution is -2.44. The van der Waals surface area contributed by atoms with Gasteiger partial charge in [-0.1, -0.05) is 31.0 Å². The number of fused-ring (bicyclic) bond motifs is 1. The lowest BCUT2D eigenvalue weighted by Gasteiger charge is -2.32. The molecule has 1 aromatic heterocycles. The molecule has 0 radical (unpaired) electrons. The maximum Gasteiger partial charge on any atom is 0.220 e. The van der Waals surface area contributed by atoms with Gasteiger partial charge < -0.3 is 5.32 Å². The van der Waals surface area contributed by atoms with Crippen molar-refractivity contribution in [1.29, 1.82) is 0 Å². The van der Waals surface area contributed by atoms with Crippen molar-refractivity contribution in [3.63, 3.8) is 0 Å². The molecule has 0 bridgehead atoms. The van der Waals surface area contributed by atoms with Gasteiger partial charge in [0.2, 0.25) is 5.91 Å². The standard InChI is InChI=1S/C20H28N4O/c25-19(12-15-4-1-2-5-15)22-18-8-10-24(11-9-18)14-17-7-3-6-16-13-21-23-20(16)17/h3,6-7,13,15,18H,1-2,4-5,8-12,14H2,(H,21,23)(H,22,25). The highest BCUT2D eigenvalue weighted by molar-refractivity contribution is 5.81. The van der Waals surface area contributed by atoms with Gasteiger partial charge >= 0.3 is 0 Å². The van der Waals surface area contributed by atoms with E-state index in [0.717, 1.165) is 44.4 Å². The number of hydrogen-bond acceptors (Lipinski definition) is 3. The molecular weight excluding hydrogens is 312 g/mol. The third-order valence-corrected chi connectivity index (χ3v) is 5.86. The number of nitrogens with one attached hydrogen (secondary N) is 2. The van der Waals surface area contributed by atoms with Crippen LogP contribution in [-0.4, -0.2) is 40.1 Å². The molecule has 1 aromatic carbocycles. The Balaban J connectivity index is 1.25. The van der Waals surface area contributed by atoms with Crippen molar-refractivity contribution in [2.24, 2.45) is 5.92 Å². The molecule has 5 heteroatoms. The van der Waals surface area contributed by atoms with E-state index < -0.39 is 0 Å². The molecule has 134 valence electrons. The molecule has 2 fully saturated rings. The SMILES string of the molecule is O=C(CC1CCCC1)NC1CCN(Cc2cccc3cn[nH]c23)CC1. The molecule has 0 spiro atoms. The number of carbonyl (C=O) groups is 1. The van der Waals surface area contributed by atoms with Gasteiger partial charge in [0.25, 0.3) is 0 Å². The zero-order chi connectivity index (χ0) is 17.1. The molecule has 0 unspecified atom stereocenters. The lowest BCUT2D eigenvalue weighted by molar-refractivity contribution is -0.123. The molecule has 4 rings (SSSR count). The van der Waals surface area contributed by atoms with Crippen LogP contribution in [0.3, 0.4) is 0 Å². The van der Waals surface area contributed by atoms with Gasteiger partial charge in [-0.3, -0.25) is 14.8 Å². The van der Waals surface area contributed by atoms with Crippen molar-refractivity contribution >= 4 is 16.8 Å². The average Bonchev–Trinajstić information content (AvgIpc) is 3.28. The minimum Gasteiger partial charge on any atom is -0.353 e. The topological polar surface area (TPSA) is 61.0 Å². The maximum absolute atomic E-state index is 12.2. The van der Waals surface area contributed by atoms with E-state index in [1.54, 1.807) is 0 Å². The first kappa shape index (κ1) is 16.6. The number of H-pyrrole nitrogens is 1. The van der Waals surface area contributed by atoms with E-state index >= 15 is 0 Å². The minimum atomic E-state index is 0.271. The highest BCUT2D eigenvalue weighted by Gasteiger charge is 2.23. The Morgan fingerprint density at radius 2 is 2.00 bits per heavy atom. The van der Waals surface area contributed by atoms with Crippen molar-refractivity contribution in [3.8, 4) is 0 Å². The number of piperidine rings is 1. The predicted octanol–water partition coefficient (Wildman–Crippen LogP) is 3.22. The van der Waals surface area contributed by atoms with Crippen LogP contribution in [0.4, 0.5) is 0 Å². The summed E-state index contributed by atoms with van der Waals surface area (Å²) in [6.45, 7) is 3.03. The van der Waals surface area contributed by atoms with Crippen molar-refractivity contribution < 1.29 is 4.79 Å². The number of para-hydroxylation sites is 1. The smallest absolute Gasteiger partial charge is 0.220 e. The summed E-state index contributed by atoms with van der Waals surface area (Å²) < 4.78 is 0. The summed E-state index contributed by atoms with van der Waals surface area (Å²) >= 11 is 0. The number of nitrogens with zero attached hydrogens (tertiary/aromatic N) is 2. The molecular formula is C20H28N4O. The van der Waals surface area contributed by atoms with Crippen molar-refractivity contribution in [3.05, 3.63) is 30.0 Å². The van der Waals surface area contributed by atoms with Gasteiger partial charge in [-0.15, -0.1) is 0 Å². The van der Waals surface area contributed by atoms with Crippen LogP contribution in [0.1, 0.15) is 50.5 Å². The van der Waals surface area contributed by atoms with Crippen LogP contribution < -0.4 is 5.32 Å². The number of likely N-dealkylation sites (tertiary alicyclic amines) is 1. The summed E-state index contributed by atoms with van der Waals surface area (Å²) in [6, 6.07) is 6.72. The van der Waals surface area contributed by atoms with Gasteiger partial charge in [-0.2, -0.15) is 5.10 Å². The van der Waals surface area contributed by atoms with E-state index in [2.05, 4.69) is 38.6 Å². The van der Waals surface area contributed by atoms with Crippen LogP contribution in [0.25, 0.3) is 10.9 Å². The Morgan fingerprint density at radius 3 is 2.80 bits per heavy atom. The number of aromatic amines is 1. The van der Waals surface area contributed by atoms with Crippen LogP contribution in [0.5, 0.6) is 0 Å². The second kappa shape index (κ2) is 7.56. The largest absolute Gasteiger partial charge is 0.353 e. The molecule has 1 aliphatic carbocycles. The third-order valence-electron chi connectivity index (χ3n) is 5.86. The molecule has 25 heavy (non-hydrogen) atoms. The molecule has 1 saturated heterocycles. The summed E-state index contributed by atoms with van der Waals surface area (Å²) in [6.07, 6.45) is 9.81. The van der Waals surface area contributed by atoms with Gasteiger partial charge in [-0.05, 0) is 37.2 Å². The molecule has 2 aliphatic rings. The maximum atomic E-state index is 12.2. The zero-order valence-electron chi connectivity index (χ0n) is 14.8. The van der Waals surface area contributed by atoms with E-state index in [1.807, 2.05) is 6.20 Å². The number of amides is 1. The van der Waals surface area contributed by atoms with E-state index in [1.165, 1.54) is 36.6 Å². The van der Waals surface area contributed by atoms with Gasteiger partial charge in [0.05, 0.1) is 11.7 Å². The third kappa shape index (κ3) is 4.03. The lowest BCUT2D eigenvalue weighted by atomic mass is 10.0. The van der Waals surface area contributed by atoms with Crippen LogP contribution in [0, 0.1) is 5.92 Å². The van der Waals surface area contributed by atoms with Crippen LogP contribution in [0.2, 0.25) is 0 Å². The first-order chi connectivity index (χ1) is 12.3. The molecule has 1 amide bonds. The number of rotatable bonds is 5. The number of aromatic nitrogens is 2. The normalized spacial score (nSPS) is 20.3. The Kier molecular flexibility index (Phi) is 5.02. The summed E-state index contributed by atoms with van der Waals surface area (Å²) in [5, 5.41) is 11.7. The van der Waals surface area contributed by atoms with Crippen LogP contribution in [0.15, 0.2) is 24.4 Å². The Hall–Kier alpha value is -1.88. The Bertz CT molecular complexity index is 711. The monoisotopic (exact) mass is 340 g/mol. The highest BCUT2D eigenvalue weighted by atomic mass is 16.1. The van der Waals surface area contributed by atoms with E-state index in [0.29, 0.717) is 12.0 Å². The molecule has 1 saturated carbocycles. The van der Waals surface area contributed by atoms with Gasteiger partial charge in [0.1, 0.15) is 0 Å². The van der Waals surface area contributed by atoms with Crippen molar-refractivity contribution in [2.45, 2.75) is 57.5 Å². The average molecular weight is 340 g/mol. The number of carbonyl (C=O) groups excluding carboxylic acids is 1. The van der Waals surface area contributed by atoms with Gasteiger partial charge in [-0.25, -0.2) is 0 Å². The molecule has 2 N–H and O–H groups in total. The predicted molar refractivity (Wildman–Crippen MR) is 99.1 cm³/mol. The molecule has 5 nitrogen and oxygen atoms in total. The fraction of sp³-hybridized carbons (Fsp3) is 0.600. The van der Waals surface area contributed by atoms with E-state index in [4.69, 9.17) is 0 Å². The summed E-state index contributed by atoms with van der Waals surface area (Å²) in [5.41, 5.74) is 2.45. The van der Waals surface area contributed by atoms with E-state index in [-0.39, 0.29) is 5.91 Å². The summed E-state index contributed by atoms with van der Waals surface area (Å²) in [4.78, 5) is 14.7. The summed E-state index contributed by atoms with van der Waals surface area (Å²) in [5.74, 6) is 0.905. The van der Waals surface area contributed by atoms with Gasteiger partial charge in [0, 0.05) is 37.5 Å². The fourth-order valence-corrected chi connectivity index (χ4v) is 4.40. The van der Waals surface area contributed by atoms with Crippen LogP contribution in [-0.2, 0) is 11.3 Å². The second-order valence-electron chi connectivity index (χ2n) is 7.72. The Morgan fingerprint density at radius 1 is 1.20 bits per heavy atom. The van der Waals surface area contributed by atoms with Gasteiger partial charge in [0.15, 0.2) is 0 Å². The zero-order valence-corrected chi connectivity index (χ0v) is 14.8. The quantitative estimate of drug-likeness (QED) is 0.878. The number of benzene rings is 1. The number of hydrogen-bond donors (Lipinski definition) is 2. The van der Waals surface area contributed by atoms with Crippen molar-refractivity contribution in [1.82, 2.24) is 20.4 Å². The highest BCUT2D eigenvalue weighted by Crippen LogP contribution is 2.27. The van der Waals surface area contributed by atoms with Crippen LogP contribution >= 0.6 is 0 Å².